The third-order valence-corrected chi connectivity index (χ3v) is 5.85. The molecule has 0 aliphatic rings. The molecular formula is C24H26ClN5O3S. The number of carbonyl (C=O) groups excluding carboxylic acids is 2. The van der Waals surface area contributed by atoms with Gasteiger partial charge >= 0.3 is 6.09 Å². The number of imidazole rings is 1. The Morgan fingerprint density at radius 1 is 1.29 bits per heavy atom. The van der Waals surface area contributed by atoms with Crippen molar-refractivity contribution < 1.29 is 14.3 Å². The van der Waals surface area contributed by atoms with Crippen molar-refractivity contribution in [2.45, 2.75) is 38.5 Å². The quantitative estimate of drug-likeness (QED) is 0.314. The highest BCUT2D eigenvalue weighted by atomic mass is 35.5. The number of benzene rings is 2. The standard InChI is InChI=1S/C24H26ClN5O3S/c1-27-24(32)33-19(16-34)14-23(31)30(18-7-3-2-4-8-18)15-22-28-20-13-17(25)9-10-21(20)29(22)12-6-5-11-26/h2-4,7-10,13,19,34H,5-6,12,14-16H2,1H3,(H,27,32)/t19-/m1/s1. The number of rotatable bonds is 10. The fourth-order valence-corrected chi connectivity index (χ4v) is 3.94. The van der Waals surface area contributed by atoms with E-state index in [4.69, 9.17) is 26.6 Å². The lowest BCUT2D eigenvalue weighted by Crippen LogP contribution is -2.36. The van der Waals surface area contributed by atoms with Gasteiger partial charge in [0.25, 0.3) is 0 Å². The van der Waals surface area contributed by atoms with Gasteiger partial charge in [-0.2, -0.15) is 17.9 Å². The highest BCUT2D eigenvalue weighted by molar-refractivity contribution is 7.80. The highest BCUT2D eigenvalue weighted by Crippen LogP contribution is 2.25. The van der Waals surface area contributed by atoms with Gasteiger partial charge in [-0.3, -0.25) is 4.79 Å². The first-order valence-corrected chi connectivity index (χ1v) is 11.8. The zero-order valence-corrected chi connectivity index (χ0v) is 20.4. The van der Waals surface area contributed by atoms with Crippen LogP contribution in [-0.2, 0) is 22.6 Å². The van der Waals surface area contributed by atoms with E-state index in [2.05, 4.69) is 24.0 Å². The molecule has 2 amide bonds. The summed E-state index contributed by atoms with van der Waals surface area (Å²) >= 11 is 10.4. The van der Waals surface area contributed by atoms with Crippen molar-refractivity contribution >= 4 is 53.0 Å². The van der Waals surface area contributed by atoms with Gasteiger partial charge < -0.3 is 19.5 Å². The van der Waals surface area contributed by atoms with E-state index >= 15 is 0 Å². The molecule has 3 aromatic rings. The van der Waals surface area contributed by atoms with E-state index in [9.17, 15) is 9.59 Å². The fourth-order valence-electron chi connectivity index (χ4n) is 3.57. The number of thiol groups is 1. The van der Waals surface area contributed by atoms with Gasteiger partial charge in [-0.05, 0) is 36.8 Å². The number of hydrogen-bond acceptors (Lipinski definition) is 6. The molecule has 0 unspecified atom stereocenters. The van der Waals surface area contributed by atoms with Crippen molar-refractivity contribution in [3.05, 3.63) is 59.4 Å². The summed E-state index contributed by atoms with van der Waals surface area (Å²) in [4.78, 5) is 31.4. The van der Waals surface area contributed by atoms with E-state index in [0.717, 1.165) is 11.0 Å². The second-order valence-corrected chi connectivity index (χ2v) is 8.36. The van der Waals surface area contributed by atoms with E-state index in [1.807, 2.05) is 41.0 Å². The van der Waals surface area contributed by atoms with Crippen LogP contribution in [0.1, 0.15) is 25.1 Å². The second kappa shape index (κ2) is 12.3. The molecule has 0 radical (unpaired) electrons. The van der Waals surface area contributed by atoms with E-state index in [1.54, 1.807) is 17.0 Å². The van der Waals surface area contributed by atoms with Crippen LogP contribution in [0.2, 0.25) is 5.02 Å². The number of amides is 2. The number of unbranched alkanes of at least 4 members (excludes halogenated alkanes) is 1. The number of carbonyl (C=O) groups is 2. The van der Waals surface area contributed by atoms with Crippen LogP contribution >= 0.6 is 24.2 Å². The summed E-state index contributed by atoms with van der Waals surface area (Å²) in [7, 11) is 1.46. The normalized spacial score (nSPS) is 11.6. The van der Waals surface area contributed by atoms with E-state index < -0.39 is 12.2 Å². The molecule has 10 heteroatoms. The molecule has 0 spiro atoms. The Kier molecular flexibility index (Phi) is 9.19. The number of hydrogen-bond donors (Lipinski definition) is 2. The minimum atomic E-state index is -0.685. The van der Waals surface area contributed by atoms with Gasteiger partial charge in [0.05, 0.1) is 30.1 Å². The predicted molar refractivity (Wildman–Crippen MR) is 135 cm³/mol. The Bertz CT molecular complexity index is 1180. The number of halogens is 1. The van der Waals surface area contributed by atoms with Crippen molar-refractivity contribution in [2.24, 2.45) is 0 Å². The van der Waals surface area contributed by atoms with Gasteiger partial charge in [-0.15, -0.1) is 0 Å². The molecule has 1 atom stereocenters. The molecule has 0 aliphatic heterocycles. The average Bonchev–Trinajstić information content (AvgIpc) is 3.18. The van der Waals surface area contributed by atoms with E-state index in [0.29, 0.717) is 35.9 Å². The number of para-hydroxylation sites is 1. The molecule has 0 aliphatic carbocycles. The topological polar surface area (TPSA) is 100 Å². The Balaban J connectivity index is 1.95. The van der Waals surface area contributed by atoms with Gasteiger partial charge in [0.2, 0.25) is 5.91 Å². The smallest absolute Gasteiger partial charge is 0.407 e. The zero-order valence-electron chi connectivity index (χ0n) is 18.8. The highest BCUT2D eigenvalue weighted by Gasteiger charge is 2.24. The number of nitriles is 1. The minimum Gasteiger partial charge on any atom is -0.445 e. The van der Waals surface area contributed by atoms with E-state index in [1.165, 1.54) is 7.05 Å². The molecule has 0 fully saturated rings. The Labute approximate surface area is 208 Å². The van der Waals surface area contributed by atoms with Crippen molar-refractivity contribution in [3.8, 4) is 6.07 Å². The summed E-state index contributed by atoms with van der Waals surface area (Å²) in [6.45, 7) is 0.776. The lowest BCUT2D eigenvalue weighted by atomic mass is 10.2. The predicted octanol–water partition coefficient (Wildman–Crippen LogP) is 4.57. The van der Waals surface area contributed by atoms with Gasteiger partial charge in [0.15, 0.2) is 0 Å². The van der Waals surface area contributed by atoms with Gasteiger partial charge in [-0.1, -0.05) is 29.8 Å². The molecule has 0 saturated carbocycles. The van der Waals surface area contributed by atoms with Crippen molar-refractivity contribution in [3.63, 3.8) is 0 Å². The molecule has 1 N–H and O–H groups in total. The van der Waals surface area contributed by atoms with Crippen LogP contribution in [0.15, 0.2) is 48.5 Å². The number of nitrogens with zero attached hydrogens (tertiary/aromatic N) is 4. The second-order valence-electron chi connectivity index (χ2n) is 7.55. The molecule has 1 aromatic heterocycles. The van der Waals surface area contributed by atoms with Crippen LogP contribution in [0.5, 0.6) is 0 Å². The summed E-state index contributed by atoms with van der Waals surface area (Å²) in [5.41, 5.74) is 2.30. The number of ether oxygens (including phenoxy) is 1. The first-order valence-electron chi connectivity index (χ1n) is 10.8. The molecule has 178 valence electrons. The molecule has 8 nitrogen and oxygen atoms in total. The Morgan fingerprint density at radius 3 is 2.74 bits per heavy atom. The first-order chi connectivity index (χ1) is 16.5. The fraction of sp³-hybridized carbons (Fsp3) is 0.333. The molecule has 34 heavy (non-hydrogen) atoms. The average molecular weight is 500 g/mol. The molecule has 0 saturated heterocycles. The van der Waals surface area contributed by atoms with Crippen molar-refractivity contribution in [2.75, 3.05) is 17.7 Å². The van der Waals surface area contributed by atoms with Crippen LogP contribution in [0.4, 0.5) is 10.5 Å². The number of alkyl carbamates (subject to hydrolysis) is 1. The number of fused-ring (bicyclic) bond motifs is 1. The Hall–Kier alpha value is -3.22. The van der Waals surface area contributed by atoms with Crippen LogP contribution in [0.25, 0.3) is 11.0 Å². The molecule has 3 rings (SSSR count). The third-order valence-electron chi connectivity index (χ3n) is 5.21. The number of anilines is 1. The third kappa shape index (κ3) is 6.43. The lowest BCUT2D eigenvalue weighted by molar-refractivity contribution is -0.120. The van der Waals surface area contributed by atoms with Gasteiger partial charge in [-0.25, -0.2) is 9.78 Å². The van der Waals surface area contributed by atoms with Crippen LogP contribution in [0.3, 0.4) is 0 Å². The number of aryl methyl sites for hydroxylation is 1. The van der Waals surface area contributed by atoms with Crippen LogP contribution in [0, 0.1) is 11.3 Å². The molecule has 0 bridgehead atoms. The summed E-state index contributed by atoms with van der Waals surface area (Å²) in [5.74, 6) is 0.636. The Morgan fingerprint density at radius 2 is 2.06 bits per heavy atom. The van der Waals surface area contributed by atoms with Gasteiger partial charge in [0, 0.05) is 36.5 Å². The maximum atomic E-state index is 13.4. The summed E-state index contributed by atoms with van der Waals surface area (Å²) in [6.07, 6.45) is -0.274. The summed E-state index contributed by atoms with van der Waals surface area (Å²) in [5, 5.41) is 11.9. The maximum absolute atomic E-state index is 13.4. The van der Waals surface area contributed by atoms with E-state index in [-0.39, 0.29) is 24.6 Å². The minimum absolute atomic E-state index is 0.0354. The molecular weight excluding hydrogens is 474 g/mol. The number of aromatic nitrogens is 2. The lowest BCUT2D eigenvalue weighted by Gasteiger charge is -2.25. The molecule has 2 aromatic carbocycles. The summed E-state index contributed by atoms with van der Waals surface area (Å²) < 4.78 is 7.28. The maximum Gasteiger partial charge on any atom is 0.407 e. The first kappa shape index (κ1) is 25.4. The monoisotopic (exact) mass is 499 g/mol. The number of nitrogens with one attached hydrogen (secondary N) is 1. The van der Waals surface area contributed by atoms with Crippen molar-refractivity contribution in [1.82, 2.24) is 14.9 Å². The van der Waals surface area contributed by atoms with Crippen molar-refractivity contribution in [1.29, 1.82) is 5.26 Å². The summed E-state index contributed by atoms with van der Waals surface area (Å²) in [6, 6.07) is 16.9. The SMILES string of the molecule is CNC(=O)O[C@@H](CS)CC(=O)N(Cc1nc2cc(Cl)ccc2n1CCCC#N)c1ccccc1. The largest absolute Gasteiger partial charge is 0.445 e. The molecule has 1 heterocycles. The zero-order chi connectivity index (χ0) is 24.5. The van der Waals surface area contributed by atoms with Crippen LogP contribution in [-0.4, -0.2) is 40.5 Å². The van der Waals surface area contributed by atoms with Crippen LogP contribution < -0.4 is 10.2 Å². The van der Waals surface area contributed by atoms with Gasteiger partial charge in [0.1, 0.15) is 11.9 Å².